The van der Waals surface area contributed by atoms with Crippen molar-refractivity contribution in [2.24, 2.45) is 0 Å². The maximum Gasteiger partial charge on any atom is 0.255 e. The Hall–Kier alpha value is -3.80. The lowest BCUT2D eigenvalue weighted by Gasteiger charge is -2.11. The summed E-state index contributed by atoms with van der Waals surface area (Å²) in [5.41, 5.74) is 2.30. The first-order chi connectivity index (χ1) is 14.1. The van der Waals surface area contributed by atoms with E-state index in [4.69, 9.17) is 9.47 Å². The average molecular weight is 390 g/mol. The van der Waals surface area contributed by atoms with E-state index in [9.17, 15) is 9.59 Å². The zero-order valence-corrected chi connectivity index (χ0v) is 16.3. The molecule has 0 saturated carbocycles. The van der Waals surface area contributed by atoms with Crippen LogP contribution in [-0.2, 0) is 6.54 Å². The number of anilines is 1. The van der Waals surface area contributed by atoms with Crippen LogP contribution in [0.1, 0.15) is 26.3 Å². The number of carbonyl (C=O) groups is 2. The molecule has 2 N–H and O–H groups in total. The van der Waals surface area contributed by atoms with E-state index in [0.717, 1.165) is 11.3 Å². The minimum Gasteiger partial charge on any atom is -0.497 e. The van der Waals surface area contributed by atoms with Gasteiger partial charge >= 0.3 is 0 Å². The molecule has 3 aromatic rings. The molecule has 0 spiro atoms. The number of para-hydroxylation sites is 2. The van der Waals surface area contributed by atoms with Crippen molar-refractivity contribution in [2.45, 2.75) is 6.54 Å². The Morgan fingerprint density at radius 1 is 0.793 bits per heavy atom. The second-order valence-corrected chi connectivity index (χ2v) is 6.27. The quantitative estimate of drug-likeness (QED) is 0.642. The minimum absolute atomic E-state index is 0.257. The summed E-state index contributed by atoms with van der Waals surface area (Å²) in [5, 5.41) is 5.66. The minimum atomic E-state index is -0.320. The van der Waals surface area contributed by atoms with Crippen LogP contribution in [0.2, 0.25) is 0 Å². The Kier molecular flexibility index (Phi) is 6.47. The number of hydrogen-bond donors (Lipinski definition) is 2. The van der Waals surface area contributed by atoms with Crippen LogP contribution in [0.25, 0.3) is 0 Å². The molecule has 0 atom stereocenters. The van der Waals surface area contributed by atoms with Crippen molar-refractivity contribution in [3.05, 3.63) is 89.5 Å². The van der Waals surface area contributed by atoms with Crippen molar-refractivity contribution in [2.75, 3.05) is 19.5 Å². The van der Waals surface area contributed by atoms with Crippen LogP contribution in [0.3, 0.4) is 0 Å². The summed E-state index contributed by atoms with van der Waals surface area (Å²) in [5.74, 6) is 0.746. The summed E-state index contributed by atoms with van der Waals surface area (Å²) in [6.07, 6.45) is 0. The summed E-state index contributed by atoms with van der Waals surface area (Å²) in [7, 11) is 3.15. The van der Waals surface area contributed by atoms with Crippen LogP contribution in [0, 0.1) is 0 Å². The van der Waals surface area contributed by atoms with Gasteiger partial charge in [-0.25, -0.2) is 0 Å². The number of amides is 2. The number of nitrogens with one attached hydrogen (secondary N) is 2. The van der Waals surface area contributed by atoms with Crippen molar-refractivity contribution in [1.82, 2.24) is 5.32 Å². The first-order valence-electron chi connectivity index (χ1n) is 9.06. The molecular formula is C23H22N2O4. The van der Waals surface area contributed by atoms with Crippen LogP contribution < -0.4 is 20.1 Å². The predicted molar refractivity (Wildman–Crippen MR) is 112 cm³/mol. The molecule has 6 nitrogen and oxygen atoms in total. The molecule has 0 radical (unpaired) electrons. The third-order valence-corrected chi connectivity index (χ3v) is 4.35. The van der Waals surface area contributed by atoms with Gasteiger partial charge in [-0.3, -0.25) is 9.59 Å². The monoisotopic (exact) mass is 390 g/mol. The lowest BCUT2D eigenvalue weighted by atomic mass is 10.1. The first kappa shape index (κ1) is 19.9. The molecule has 29 heavy (non-hydrogen) atoms. The fraction of sp³-hybridized carbons (Fsp3) is 0.130. The zero-order valence-electron chi connectivity index (χ0n) is 16.3. The number of ether oxygens (including phenoxy) is 2. The van der Waals surface area contributed by atoms with Crippen LogP contribution in [-0.4, -0.2) is 26.0 Å². The molecule has 0 saturated heterocycles. The Balaban J connectivity index is 1.66. The standard InChI is InChI=1S/C23H22N2O4/c1-28-19-12-10-16(11-13-19)15-24-22(26)17-6-5-7-18(14-17)23(27)25-20-8-3-4-9-21(20)29-2/h3-14H,15H2,1-2H3,(H,24,26)(H,25,27). The highest BCUT2D eigenvalue weighted by atomic mass is 16.5. The highest BCUT2D eigenvalue weighted by molar-refractivity contribution is 6.06. The third kappa shape index (κ3) is 5.13. The molecule has 0 heterocycles. The summed E-state index contributed by atoms with van der Waals surface area (Å²) in [6, 6.07) is 21.2. The van der Waals surface area contributed by atoms with Gasteiger partial charge in [0.25, 0.3) is 11.8 Å². The number of methoxy groups -OCH3 is 2. The lowest BCUT2D eigenvalue weighted by Crippen LogP contribution is -2.23. The molecular weight excluding hydrogens is 368 g/mol. The van der Waals surface area contributed by atoms with E-state index in [0.29, 0.717) is 29.1 Å². The fourth-order valence-electron chi connectivity index (χ4n) is 2.77. The molecule has 0 fully saturated rings. The number of hydrogen-bond acceptors (Lipinski definition) is 4. The van der Waals surface area contributed by atoms with Crippen molar-refractivity contribution in [3.8, 4) is 11.5 Å². The Morgan fingerprint density at radius 2 is 1.48 bits per heavy atom. The largest absolute Gasteiger partial charge is 0.497 e. The zero-order chi connectivity index (χ0) is 20.6. The summed E-state index contributed by atoms with van der Waals surface area (Å²) >= 11 is 0. The maximum atomic E-state index is 12.6. The van der Waals surface area contributed by atoms with E-state index in [-0.39, 0.29) is 11.8 Å². The molecule has 0 bridgehead atoms. The van der Waals surface area contributed by atoms with Crippen molar-refractivity contribution in [3.63, 3.8) is 0 Å². The van der Waals surface area contributed by atoms with Crippen molar-refractivity contribution >= 4 is 17.5 Å². The summed E-state index contributed by atoms with van der Waals surface area (Å²) in [6.45, 7) is 0.375. The molecule has 2 amide bonds. The van der Waals surface area contributed by atoms with Crippen LogP contribution in [0.15, 0.2) is 72.8 Å². The SMILES string of the molecule is COc1ccc(CNC(=O)c2cccc(C(=O)Nc3ccccc3OC)c2)cc1. The topological polar surface area (TPSA) is 76.7 Å². The van der Waals surface area contributed by atoms with Gasteiger partial charge in [-0.2, -0.15) is 0 Å². The third-order valence-electron chi connectivity index (χ3n) is 4.35. The number of rotatable bonds is 7. The number of carbonyl (C=O) groups excluding carboxylic acids is 2. The molecule has 0 unspecified atom stereocenters. The Morgan fingerprint density at radius 3 is 2.17 bits per heavy atom. The van der Waals surface area contributed by atoms with Crippen molar-refractivity contribution in [1.29, 1.82) is 0 Å². The lowest BCUT2D eigenvalue weighted by molar-refractivity contribution is 0.0951. The normalized spacial score (nSPS) is 10.1. The van der Waals surface area contributed by atoms with Gasteiger partial charge in [0.1, 0.15) is 11.5 Å². The van der Waals surface area contributed by atoms with E-state index in [1.807, 2.05) is 30.3 Å². The average Bonchev–Trinajstić information content (AvgIpc) is 2.78. The first-order valence-corrected chi connectivity index (χ1v) is 9.06. The molecule has 3 rings (SSSR count). The molecule has 0 aromatic heterocycles. The molecule has 3 aromatic carbocycles. The Bertz CT molecular complexity index is 1000. The summed E-state index contributed by atoms with van der Waals surface area (Å²) in [4.78, 5) is 25.1. The van der Waals surface area contributed by atoms with Crippen LogP contribution in [0.4, 0.5) is 5.69 Å². The predicted octanol–water partition coefficient (Wildman–Crippen LogP) is 3.89. The van der Waals surface area contributed by atoms with Gasteiger partial charge in [-0.1, -0.05) is 30.3 Å². The van der Waals surface area contributed by atoms with Gasteiger partial charge in [0, 0.05) is 17.7 Å². The van der Waals surface area contributed by atoms with E-state index in [2.05, 4.69) is 10.6 Å². The second kappa shape index (κ2) is 9.41. The molecule has 0 aliphatic rings. The molecule has 0 aliphatic heterocycles. The Labute approximate surface area is 169 Å². The molecule has 6 heteroatoms. The maximum absolute atomic E-state index is 12.6. The highest BCUT2D eigenvalue weighted by Gasteiger charge is 2.12. The van der Waals surface area contributed by atoms with Gasteiger partial charge in [-0.15, -0.1) is 0 Å². The van der Waals surface area contributed by atoms with Gasteiger partial charge in [-0.05, 0) is 48.0 Å². The van der Waals surface area contributed by atoms with Gasteiger partial charge in [0.05, 0.1) is 19.9 Å². The fourth-order valence-corrected chi connectivity index (χ4v) is 2.77. The number of benzene rings is 3. The molecule has 0 aliphatic carbocycles. The van der Waals surface area contributed by atoms with Crippen LogP contribution >= 0.6 is 0 Å². The van der Waals surface area contributed by atoms with E-state index >= 15 is 0 Å². The highest BCUT2D eigenvalue weighted by Crippen LogP contribution is 2.23. The van der Waals surface area contributed by atoms with E-state index in [1.165, 1.54) is 0 Å². The van der Waals surface area contributed by atoms with Gasteiger partial charge in [0.15, 0.2) is 0 Å². The van der Waals surface area contributed by atoms with Gasteiger partial charge < -0.3 is 20.1 Å². The smallest absolute Gasteiger partial charge is 0.255 e. The van der Waals surface area contributed by atoms with Crippen molar-refractivity contribution < 1.29 is 19.1 Å². The summed E-state index contributed by atoms with van der Waals surface area (Å²) < 4.78 is 10.4. The van der Waals surface area contributed by atoms with Gasteiger partial charge in [0.2, 0.25) is 0 Å². The van der Waals surface area contributed by atoms with Crippen LogP contribution in [0.5, 0.6) is 11.5 Å². The van der Waals surface area contributed by atoms with E-state index in [1.54, 1.807) is 56.7 Å². The van der Waals surface area contributed by atoms with E-state index < -0.39 is 0 Å². The second-order valence-electron chi connectivity index (χ2n) is 6.27. The molecule has 148 valence electrons.